The zero-order valence-electron chi connectivity index (χ0n) is 15.8. The van der Waals surface area contributed by atoms with Gasteiger partial charge in [0.1, 0.15) is 35.5 Å². The van der Waals surface area contributed by atoms with Gasteiger partial charge in [-0.05, 0) is 24.3 Å². The Balaban J connectivity index is 1.64. The Hall–Kier alpha value is -2.44. The third-order valence-electron chi connectivity index (χ3n) is 4.94. The van der Waals surface area contributed by atoms with E-state index in [1.54, 1.807) is 0 Å². The molecule has 7 nitrogen and oxygen atoms in total. The van der Waals surface area contributed by atoms with Crippen molar-refractivity contribution in [1.82, 2.24) is 15.0 Å². The van der Waals surface area contributed by atoms with Crippen LogP contribution in [-0.2, 0) is 4.74 Å². The van der Waals surface area contributed by atoms with Crippen molar-refractivity contribution in [2.75, 3.05) is 6.61 Å². The number of halogens is 3. The SMILES string of the molecule is OC[C@H]1O[C@@H](Sc2ccccc2)[C@H](O)[C@@H](n2cc(-c3cc(F)c(F)c(F)c3)nn2)[C@H]1O. The number of thioether (sulfide) groups is 1. The standard InChI is InChI=1S/C20H18F3N3O4S/c21-12-6-10(7-13(22)16(12)23)14-8-26(25-24-14)17-18(28)15(9-27)30-20(19(17)29)31-11-4-2-1-3-5-11/h1-8,15,17-20,27-29H,9H2/t15-,17+,18+,19-,20+/m1/s1. The Labute approximate surface area is 179 Å². The number of aromatic nitrogens is 3. The molecule has 1 aliphatic rings. The summed E-state index contributed by atoms with van der Waals surface area (Å²) in [4.78, 5) is 0.801. The van der Waals surface area contributed by atoms with Gasteiger partial charge in [0.05, 0.1) is 12.8 Å². The minimum Gasteiger partial charge on any atom is -0.394 e. The van der Waals surface area contributed by atoms with Crippen LogP contribution in [0.25, 0.3) is 11.3 Å². The normalized spacial score (nSPS) is 26.2. The molecule has 0 spiro atoms. The number of nitrogens with zero attached hydrogens (tertiary/aromatic N) is 3. The van der Waals surface area contributed by atoms with Crippen LogP contribution in [-0.4, -0.2) is 60.7 Å². The molecule has 11 heteroatoms. The number of rotatable bonds is 5. The van der Waals surface area contributed by atoms with Gasteiger partial charge in [0.15, 0.2) is 17.5 Å². The quantitative estimate of drug-likeness (QED) is 0.509. The molecule has 0 saturated carbocycles. The highest BCUT2D eigenvalue weighted by molar-refractivity contribution is 7.99. The summed E-state index contributed by atoms with van der Waals surface area (Å²) in [6, 6.07) is 9.59. The number of ether oxygens (including phenoxy) is 1. The van der Waals surface area contributed by atoms with E-state index >= 15 is 0 Å². The lowest BCUT2D eigenvalue weighted by Crippen LogP contribution is -2.55. The predicted octanol–water partition coefficient (Wildman–Crippen LogP) is 2.13. The second kappa shape index (κ2) is 8.97. The maximum absolute atomic E-state index is 13.6. The molecule has 0 radical (unpaired) electrons. The van der Waals surface area contributed by atoms with Gasteiger partial charge < -0.3 is 20.1 Å². The molecule has 5 atom stereocenters. The number of aliphatic hydroxyl groups excluding tert-OH is 3. The Morgan fingerprint density at radius 1 is 1.03 bits per heavy atom. The molecule has 164 valence electrons. The van der Waals surface area contributed by atoms with Crippen molar-refractivity contribution in [3.8, 4) is 11.3 Å². The van der Waals surface area contributed by atoms with Crippen LogP contribution in [0.1, 0.15) is 6.04 Å². The van der Waals surface area contributed by atoms with Crippen molar-refractivity contribution in [1.29, 1.82) is 0 Å². The maximum atomic E-state index is 13.6. The zero-order chi connectivity index (χ0) is 22.1. The monoisotopic (exact) mass is 453 g/mol. The van der Waals surface area contributed by atoms with E-state index < -0.39 is 53.8 Å². The van der Waals surface area contributed by atoms with Crippen molar-refractivity contribution < 1.29 is 33.2 Å². The van der Waals surface area contributed by atoms with Crippen molar-refractivity contribution in [3.05, 3.63) is 66.1 Å². The summed E-state index contributed by atoms with van der Waals surface area (Å²) >= 11 is 1.20. The van der Waals surface area contributed by atoms with Crippen LogP contribution >= 0.6 is 11.8 Å². The van der Waals surface area contributed by atoms with Crippen molar-refractivity contribution >= 4 is 11.8 Å². The molecule has 0 bridgehead atoms. The smallest absolute Gasteiger partial charge is 0.194 e. The third kappa shape index (κ3) is 4.32. The average Bonchev–Trinajstić information content (AvgIpc) is 3.24. The number of hydrogen-bond acceptors (Lipinski definition) is 7. The van der Waals surface area contributed by atoms with E-state index in [4.69, 9.17) is 4.74 Å². The summed E-state index contributed by atoms with van der Waals surface area (Å²) in [5.41, 5.74) is -0.898. The van der Waals surface area contributed by atoms with Crippen LogP contribution in [0.5, 0.6) is 0 Å². The van der Waals surface area contributed by atoms with E-state index in [-0.39, 0.29) is 11.3 Å². The Morgan fingerprint density at radius 3 is 2.35 bits per heavy atom. The molecule has 0 aliphatic carbocycles. The number of aliphatic hydroxyl groups is 3. The molecule has 1 saturated heterocycles. The van der Waals surface area contributed by atoms with Gasteiger partial charge in [-0.3, -0.25) is 0 Å². The minimum absolute atomic E-state index is 0.0107. The second-order valence-electron chi connectivity index (χ2n) is 6.97. The van der Waals surface area contributed by atoms with E-state index in [1.807, 2.05) is 30.3 Å². The first-order valence-electron chi connectivity index (χ1n) is 9.30. The summed E-state index contributed by atoms with van der Waals surface area (Å²) in [5.74, 6) is -4.36. The lowest BCUT2D eigenvalue weighted by molar-refractivity contribution is -0.178. The van der Waals surface area contributed by atoms with E-state index in [9.17, 15) is 28.5 Å². The van der Waals surface area contributed by atoms with E-state index in [0.717, 1.165) is 21.7 Å². The number of hydrogen-bond donors (Lipinski definition) is 3. The molecule has 0 unspecified atom stereocenters. The van der Waals surface area contributed by atoms with Gasteiger partial charge in [0.2, 0.25) is 0 Å². The lowest BCUT2D eigenvalue weighted by Gasteiger charge is -2.41. The van der Waals surface area contributed by atoms with Gasteiger partial charge in [-0.2, -0.15) is 0 Å². The van der Waals surface area contributed by atoms with Gasteiger partial charge in [-0.1, -0.05) is 35.2 Å². The first-order chi connectivity index (χ1) is 14.9. The van der Waals surface area contributed by atoms with Gasteiger partial charge in [-0.15, -0.1) is 5.10 Å². The molecular weight excluding hydrogens is 435 g/mol. The summed E-state index contributed by atoms with van der Waals surface area (Å²) in [6.45, 7) is -0.508. The summed E-state index contributed by atoms with van der Waals surface area (Å²) < 4.78 is 47.2. The molecule has 2 aromatic carbocycles. The van der Waals surface area contributed by atoms with Gasteiger partial charge >= 0.3 is 0 Å². The molecule has 31 heavy (non-hydrogen) atoms. The Morgan fingerprint density at radius 2 is 1.71 bits per heavy atom. The summed E-state index contributed by atoms with van der Waals surface area (Å²) in [6.07, 6.45) is -2.35. The molecule has 3 N–H and O–H groups in total. The summed E-state index contributed by atoms with van der Waals surface area (Å²) in [5, 5.41) is 38.8. The van der Waals surface area contributed by atoms with Gasteiger partial charge in [0.25, 0.3) is 0 Å². The predicted molar refractivity (Wildman–Crippen MR) is 104 cm³/mol. The van der Waals surface area contributed by atoms with Crippen LogP contribution in [0.15, 0.2) is 53.6 Å². The highest BCUT2D eigenvalue weighted by atomic mass is 32.2. The lowest BCUT2D eigenvalue weighted by atomic mass is 9.97. The van der Waals surface area contributed by atoms with Crippen molar-refractivity contribution in [3.63, 3.8) is 0 Å². The summed E-state index contributed by atoms with van der Waals surface area (Å²) in [7, 11) is 0. The van der Waals surface area contributed by atoms with Crippen LogP contribution in [0, 0.1) is 17.5 Å². The fraction of sp³-hybridized carbons (Fsp3) is 0.300. The molecule has 1 aromatic heterocycles. The first kappa shape index (κ1) is 21.8. The van der Waals surface area contributed by atoms with Gasteiger partial charge in [0, 0.05) is 10.5 Å². The zero-order valence-corrected chi connectivity index (χ0v) is 16.7. The second-order valence-corrected chi connectivity index (χ2v) is 8.14. The fourth-order valence-corrected chi connectivity index (χ4v) is 4.45. The van der Waals surface area contributed by atoms with Crippen LogP contribution in [0.2, 0.25) is 0 Å². The Kier molecular flexibility index (Phi) is 6.30. The van der Waals surface area contributed by atoms with E-state index in [2.05, 4.69) is 10.3 Å². The maximum Gasteiger partial charge on any atom is 0.194 e. The number of benzene rings is 2. The molecule has 4 rings (SSSR count). The molecule has 3 aromatic rings. The molecule has 2 heterocycles. The third-order valence-corrected chi connectivity index (χ3v) is 6.11. The Bertz CT molecular complexity index is 1030. The van der Waals surface area contributed by atoms with Crippen LogP contribution < -0.4 is 0 Å². The highest BCUT2D eigenvalue weighted by Crippen LogP contribution is 2.38. The van der Waals surface area contributed by atoms with Crippen LogP contribution in [0.4, 0.5) is 13.2 Å². The van der Waals surface area contributed by atoms with Gasteiger partial charge in [-0.25, -0.2) is 17.9 Å². The largest absolute Gasteiger partial charge is 0.394 e. The molecular formula is C20H18F3N3O4S. The first-order valence-corrected chi connectivity index (χ1v) is 10.2. The average molecular weight is 453 g/mol. The minimum atomic E-state index is -1.60. The highest BCUT2D eigenvalue weighted by Gasteiger charge is 2.46. The molecule has 0 amide bonds. The van der Waals surface area contributed by atoms with Crippen molar-refractivity contribution in [2.45, 2.75) is 34.7 Å². The van der Waals surface area contributed by atoms with Crippen molar-refractivity contribution in [2.24, 2.45) is 0 Å². The van der Waals surface area contributed by atoms with E-state index in [1.165, 1.54) is 18.0 Å². The topological polar surface area (TPSA) is 101 Å². The molecule has 1 aliphatic heterocycles. The molecule has 1 fully saturated rings. The van der Waals surface area contributed by atoms with Crippen LogP contribution in [0.3, 0.4) is 0 Å². The fourth-order valence-electron chi connectivity index (χ4n) is 3.37. The van der Waals surface area contributed by atoms with E-state index in [0.29, 0.717) is 0 Å².